The number of carbonyl (C=O) groups is 1. The van der Waals surface area contributed by atoms with Crippen LogP contribution in [0.1, 0.15) is 25.8 Å². The molecule has 4 heteroatoms. The number of amides is 1. The summed E-state index contributed by atoms with van der Waals surface area (Å²) in [5, 5.41) is 2.92. The number of oxazole rings is 1. The lowest BCUT2D eigenvalue weighted by Gasteiger charge is -2.07. The van der Waals surface area contributed by atoms with Crippen LogP contribution < -0.4 is 5.32 Å². The molecule has 0 aliphatic carbocycles. The molecule has 0 fully saturated rings. The number of nitrogens with one attached hydrogen (secondary N) is 1. The third-order valence-electron chi connectivity index (χ3n) is 3.53. The van der Waals surface area contributed by atoms with Gasteiger partial charge >= 0.3 is 0 Å². The van der Waals surface area contributed by atoms with E-state index in [-0.39, 0.29) is 5.91 Å². The van der Waals surface area contributed by atoms with Crippen molar-refractivity contribution in [3.05, 3.63) is 48.0 Å². The number of hydrogen-bond acceptors (Lipinski definition) is 3. The van der Waals surface area contributed by atoms with Gasteiger partial charge in [0.1, 0.15) is 5.52 Å². The maximum absolute atomic E-state index is 11.9. The molecule has 0 spiro atoms. The minimum atomic E-state index is 0.0188. The number of nitrogens with zero attached hydrogens (tertiary/aromatic N) is 1. The average molecular weight is 308 g/mol. The number of benzene rings is 2. The molecule has 2 aromatic carbocycles. The molecule has 0 radical (unpaired) electrons. The Morgan fingerprint density at radius 1 is 1.22 bits per heavy atom. The Hall–Kier alpha value is -2.62. The Labute approximate surface area is 135 Å². The van der Waals surface area contributed by atoms with Gasteiger partial charge in [-0.15, -0.1) is 0 Å². The fourth-order valence-electron chi connectivity index (χ4n) is 2.47. The molecule has 4 nitrogen and oxygen atoms in total. The van der Waals surface area contributed by atoms with Crippen LogP contribution in [0.2, 0.25) is 0 Å². The summed E-state index contributed by atoms with van der Waals surface area (Å²) < 4.78 is 5.81. The summed E-state index contributed by atoms with van der Waals surface area (Å²) in [5.74, 6) is 0.911. The molecular formula is C19H20N2O2. The van der Waals surface area contributed by atoms with Crippen LogP contribution in [0, 0.1) is 12.8 Å². The molecule has 0 saturated carbocycles. The molecule has 3 rings (SSSR count). The van der Waals surface area contributed by atoms with E-state index in [1.165, 1.54) is 0 Å². The summed E-state index contributed by atoms with van der Waals surface area (Å²) >= 11 is 0. The monoisotopic (exact) mass is 308 g/mol. The normalized spacial score (nSPS) is 11.1. The minimum Gasteiger partial charge on any atom is -0.436 e. The lowest BCUT2D eigenvalue weighted by Crippen LogP contribution is -2.13. The predicted molar refractivity (Wildman–Crippen MR) is 92.3 cm³/mol. The van der Waals surface area contributed by atoms with Gasteiger partial charge in [-0.2, -0.15) is 0 Å². The highest BCUT2D eigenvalue weighted by molar-refractivity contribution is 5.91. The van der Waals surface area contributed by atoms with Crippen LogP contribution in [-0.4, -0.2) is 10.9 Å². The Kier molecular flexibility index (Phi) is 4.15. The first-order valence-electron chi connectivity index (χ1n) is 7.79. The number of aryl methyl sites for hydroxylation is 1. The second kappa shape index (κ2) is 6.24. The Bertz CT molecular complexity index is 849. The van der Waals surface area contributed by atoms with Gasteiger partial charge in [0.25, 0.3) is 0 Å². The van der Waals surface area contributed by atoms with Gasteiger partial charge in [-0.05, 0) is 48.7 Å². The first-order chi connectivity index (χ1) is 11.0. The van der Waals surface area contributed by atoms with Crippen molar-refractivity contribution in [2.24, 2.45) is 5.92 Å². The molecule has 0 atom stereocenters. The first kappa shape index (κ1) is 15.3. The van der Waals surface area contributed by atoms with Gasteiger partial charge in [-0.3, -0.25) is 4.79 Å². The third kappa shape index (κ3) is 3.59. The van der Waals surface area contributed by atoms with Gasteiger partial charge in [-0.25, -0.2) is 4.98 Å². The molecule has 0 aliphatic rings. The second-order valence-electron chi connectivity index (χ2n) is 6.22. The fraction of sp³-hybridized carbons (Fsp3) is 0.263. The summed E-state index contributed by atoms with van der Waals surface area (Å²) in [5.41, 5.74) is 4.36. The van der Waals surface area contributed by atoms with Gasteiger partial charge < -0.3 is 9.73 Å². The van der Waals surface area contributed by atoms with Crippen molar-refractivity contribution < 1.29 is 9.21 Å². The van der Waals surface area contributed by atoms with Crippen molar-refractivity contribution in [3.8, 4) is 11.5 Å². The lowest BCUT2D eigenvalue weighted by atomic mass is 10.1. The van der Waals surface area contributed by atoms with Crippen molar-refractivity contribution >= 4 is 22.7 Å². The Morgan fingerprint density at radius 3 is 2.83 bits per heavy atom. The van der Waals surface area contributed by atoms with E-state index in [9.17, 15) is 4.79 Å². The SMILES string of the molecule is Cc1ccc2oc(-c3cccc(NC(=O)CC(C)C)c3)nc2c1. The minimum absolute atomic E-state index is 0.0188. The van der Waals surface area contributed by atoms with Crippen molar-refractivity contribution in [1.29, 1.82) is 0 Å². The van der Waals surface area contributed by atoms with Crippen LogP contribution in [0.15, 0.2) is 46.9 Å². The van der Waals surface area contributed by atoms with E-state index in [1.807, 2.05) is 63.2 Å². The third-order valence-corrected chi connectivity index (χ3v) is 3.53. The highest BCUT2D eigenvalue weighted by atomic mass is 16.3. The first-order valence-corrected chi connectivity index (χ1v) is 7.79. The van der Waals surface area contributed by atoms with E-state index >= 15 is 0 Å². The zero-order valence-electron chi connectivity index (χ0n) is 13.6. The molecule has 1 N–H and O–H groups in total. The smallest absolute Gasteiger partial charge is 0.227 e. The zero-order valence-corrected chi connectivity index (χ0v) is 13.6. The molecule has 1 amide bonds. The number of aromatic nitrogens is 1. The highest BCUT2D eigenvalue weighted by Gasteiger charge is 2.10. The molecule has 1 aromatic heterocycles. The van der Waals surface area contributed by atoms with Crippen LogP contribution in [-0.2, 0) is 4.79 Å². The number of hydrogen-bond donors (Lipinski definition) is 1. The molecule has 23 heavy (non-hydrogen) atoms. The standard InChI is InChI=1S/C19H20N2O2/c1-12(2)9-18(22)20-15-6-4-5-14(11-15)19-21-16-10-13(3)7-8-17(16)23-19/h4-8,10-12H,9H2,1-3H3,(H,20,22). The zero-order chi connectivity index (χ0) is 16.4. The van der Waals surface area contributed by atoms with E-state index in [0.29, 0.717) is 18.2 Å². The molecule has 3 aromatic rings. The van der Waals surface area contributed by atoms with Gasteiger partial charge in [0, 0.05) is 17.7 Å². The number of carbonyl (C=O) groups excluding carboxylic acids is 1. The molecule has 0 aliphatic heterocycles. The van der Waals surface area contributed by atoms with Crippen molar-refractivity contribution in [1.82, 2.24) is 4.98 Å². The number of rotatable bonds is 4. The Morgan fingerprint density at radius 2 is 2.04 bits per heavy atom. The summed E-state index contributed by atoms with van der Waals surface area (Å²) in [6.45, 7) is 6.07. The largest absolute Gasteiger partial charge is 0.436 e. The second-order valence-corrected chi connectivity index (χ2v) is 6.22. The maximum atomic E-state index is 11.9. The molecular weight excluding hydrogens is 288 g/mol. The van der Waals surface area contributed by atoms with E-state index in [2.05, 4.69) is 10.3 Å². The fourth-order valence-corrected chi connectivity index (χ4v) is 2.47. The highest BCUT2D eigenvalue weighted by Crippen LogP contribution is 2.26. The topological polar surface area (TPSA) is 55.1 Å². The Balaban J connectivity index is 1.87. The van der Waals surface area contributed by atoms with Crippen LogP contribution in [0.3, 0.4) is 0 Å². The molecule has 0 saturated heterocycles. The summed E-state index contributed by atoms with van der Waals surface area (Å²) in [4.78, 5) is 16.4. The van der Waals surface area contributed by atoms with Gasteiger partial charge in [0.15, 0.2) is 5.58 Å². The quantitative estimate of drug-likeness (QED) is 0.754. The molecule has 0 unspecified atom stereocenters. The summed E-state index contributed by atoms with van der Waals surface area (Å²) in [7, 11) is 0. The molecule has 1 heterocycles. The van der Waals surface area contributed by atoms with Gasteiger partial charge in [-0.1, -0.05) is 26.0 Å². The molecule has 0 bridgehead atoms. The van der Waals surface area contributed by atoms with E-state index in [1.54, 1.807) is 0 Å². The van der Waals surface area contributed by atoms with Crippen molar-refractivity contribution in [2.75, 3.05) is 5.32 Å². The van der Waals surface area contributed by atoms with Crippen LogP contribution in [0.4, 0.5) is 5.69 Å². The van der Waals surface area contributed by atoms with Crippen LogP contribution >= 0.6 is 0 Å². The van der Waals surface area contributed by atoms with Crippen LogP contribution in [0.5, 0.6) is 0 Å². The summed E-state index contributed by atoms with van der Waals surface area (Å²) in [6.07, 6.45) is 0.506. The van der Waals surface area contributed by atoms with Crippen LogP contribution in [0.25, 0.3) is 22.6 Å². The average Bonchev–Trinajstić information content (AvgIpc) is 2.89. The molecule has 118 valence electrons. The predicted octanol–water partition coefficient (Wildman–Crippen LogP) is 4.79. The maximum Gasteiger partial charge on any atom is 0.227 e. The summed E-state index contributed by atoms with van der Waals surface area (Å²) in [6, 6.07) is 13.5. The number of fused-ring (bicyclic) bond motifs is 1. The lowest BCUT2D eigenvalue weighted by molar-refractivity contribution is -0.116. The van der Waals surface area contributed by atoms with Gasteiger partial charge in [0.2, 0.25) is 11.8 Å². The van der Waals surface area contributed by atoms with Crippen molar-refractivity contribution in [2.45, 2.75) is 27.2 Å². The van der Waals surface area contributed by atoms with E-state index < -0.39 is 0 Å². The van der Waals surface area contributed by atoms with Gasteiger partial charge in [0.05, 0.1) is 0 Å². The van der Waals surface area contributed by atoms with E-state index in [0.717, 1.165) is 27.9 Å². The number of anilines is 1. The van der Waals surface area contributed by atoms with Crippen molar-refractivity contribution in [3.63, 3.8) is 0 Å². The van der Waals surface area contributed by atoms with E-state index in [4.69, 9.17) is 4.42 Å².